The first-order chi connectivity index (χ1) is 17.4. The number of hydrogen-bond donors (Lipinski definition) is 0. The summed E-state index contributed by atoms with van der Waals surface area (Å²) in [5.41, 5.74) is 1.87. The van der Waals surface area contributed by atoms with Gasteiger partial charge in [-0.3, -0.25) is 0 Å². The average Bonchev–Trinajstić information content (AvgIpc) is 3.72. The van der Waals surface area contributed by atoms with Gasteiger partial charge in [-0.2, -0.15) is 0 Å². The molecular weight excluding hydrogens is 461 g/mol. The van der Waals surface area contributed by atoms with Crippen molar-refractivity contribution in [1.82, 2.24) is 0 Å². The Kier molecular flexibility index (Phi) is 10.8. The third-order valence-electron chi connectivity index (χ3n) is 7.21. The van der Waals surface area contributed by atoms with Crippen molar-refractivity contribution in [2.24, 2.45) is 11.8 Å². The Morgan fingerprint density at radius 1 is 1.17 bits per heavy atom. The van der Waals surface area contributed by atoms with Crippen molar-refractivity contribution < 1.29 is 22.6 Å². The van der Waals surface area contributed by atoms with Crippen LogP contribution in [0.1, 0.15) is 69.9 Å². The molecule has 0 spiro atoms. The molecule has 3 rings (SSSR count). The standard InChI is InChI=1S/C31H39F3O2/c1-5-8-24(29-20-36-29)18-26(32)17-23-11-14-27(15-12-23)35-19-25-13-16-28(31(34)30(25)33)21(4)9-10-22(6-2)7-3/h5-6,9-10,13,16,18,23-24,27,29H,1,4,7-8,11-12,14-15,17,19-20H2,2-3H3/b10-9-,22-6-,26-18+/t23?,24-,27?,29?/m0/s1. The molecule has 196 valence electrons. The summed E-state index contributed by atoms with van der Waals surface area (Å²) in [6.45, 7) is 12.3. The number of halogens is 3. The normalized spacial score (nSPS) is 23.6. The van der Waals surface area contributed by atoms with Crippen molar-refractivity contribution in [3.63, 3.8) is 0 Å². The molecule has 2 aliphatic rings. The van der Waals surface area contributed by atoms with Crippen molar-refractivity contribution in [3.8, 4) is 0 Å². The highest BCUT2D eigenvalue weighted by atomic mass is 19.2. The van der Waals surface area contributed by atoms with E-state index in [1.165, 1.54) is 0 Å². The van der Waals surface area contributed by atoms with Crippen LogP contribution in [0.2, 0.25) is 0 Å². The van der Waals surface area contributed by atoms with Gasteiger partial charge in [-0.1, -0.05) is 55.5 Å². The Hall–Kier alpha value is -2.37. The van der Waals surface area contributed by atoms with Crippen LogP contribution >= 0.6 is 0 Å². The smallest absolute Gasteiger partial charge is 0.166 e. The predicted molar refractivity (Wildman–Crippen MR) is 141 cm³/mol. The molecule has 0 N–H and O–H groups in total. The fourth-order valence-corrected chi connectivity index (χ4v) is 4.77. The minimum atomic E-state index is -0.901. The van der Waals surface area contributed by atoms with Gasteiger partial charge in [-0.05, 0) is 63.0 Å². The van der Waals surface area contributed by atoms with Gasteiger partial charge >= 0.3 is 0 Å². The lowest BCUT2D eigenvalue weighted by Crippen LogP contribution is -2.22. The molecule has 1 aromatic carbocycles. The zero-order valence-corrected chi connectivity index (χ0v) is 21.6. The first-order valence-electron chi connectivity index (χ1n) is 13.1. The van der Waals surface area contributed by atoms with Gasteiger partial charge in [0.05, 0.1) is 31.2 Å². The summed E-state index contributed by atoms with van der Waals surface area (Å²) in [6.07, 6.45) is 14.4. The lowest BCUT2D eigenvalue weighted by atomic mass is 9.84. The molecule has 2 fully saturated rings. The van der Waals surface area contributed by atoms with E-state index in [2.05, 4.69) is 13.2 Å². The molecule has 2 atom stereocenters. The maximum Gasteiger partial charge on any atom is 0.166 e. The second-order valence-corrected chi connectivity index (χ2v) is 9.81. The molecule has 1 unspecified atom stereocenters. The summed E-state index contributed by atoms with van der Waals surface area (Å²) in [6, 6.07) is 3.13. The van der Waals surface area contributed by atoms with Gasteiger partial charge in [0, 0.05) is 23.5 Å². The highest BCUT2D eigenvalue weighted by molar-refractivity contribution is 5.73. The van der Waals surface area contributed by atoms with E-state index in [9.17, 15) is 13.2 Å². The fourth-order valence-electron chi connectivity index (χ4n) is 4.77. The molecule has 1 heterocycles. The summed E-state index contributed by atoms with van der Waals surface area (Å²) < 4.78 is 55.3. The molecule has 1 aliphatic heterocycles. The molecule has 36 heavy (non-hydrogen) atoms. The summed E-state index contributed by atoms with van der Waals surface area (Å²) >= 11 is 0. The fraction of sp³-hybridized carbons (Fsp3) is 0.484. The minimum absolute atomic E-state index is 0.0120. The molecule has 0 amide bonds. The number of epoxide rings is 1. The van der Waals surface area contributed by atoms with Crippen LogP contribution in [0.4, 0.5) is 13.2 Å². The maximum absolute atomic E-state index is 14.7. The van der Waals surface area contributed by atoms with Gasteiger partial charge in [-0.15, -0.1) is 6.58 Å². The zero-order chi connectivity index (χ0) is 26.1. The monoisotopic (exact) mass is 500 g/mol. The lowest BCUT2D eigenvalue weighted by Gasteiger charge is -2.28. The van der Waals surface area contributed by atoms with Gasteiger partial charge < -0.3 is 9.47 Å². The summed E-state index contributed by atoms with van der Waals surface area (Å²) in [7, 11) is 0. The molecule has 0 aromatic heterocycles. The lowest BCUT2D eigenvalue weighted by molar-refractivity contribution is 0.00536. The SMILES string of the molecule is C=CC[C@@H](/C=C(/F)CC1CCC(OCc2ccc(C(=C)/C=C\C(=C/C)CC)c(F)c2F)CC1)C1CO1. The number of benzene rings is 1. The Morgan fingerprint density at radius 3 is 2.50 bits per heavy atom. The van der Waals surface area contributed by atoms with Crippen LogP contribution in [0, 0.1) is 23.5 Å². The van der Waals surface area contributed by atoms with Gasteiger partial charge in [0.25, 0.3) is 0 Å². The first kappa shape index (κ1) is 28.2. The molecule has 1 aromatic rings. The van der Waals surface area contributed by atoms with E-state index >= 15 is 0 Å². The minimum Gasteiger partial charge on any atom is -0.373 e. The quantitative estimate of drug-likeness (QED) is 0.153. The van der Waals surface area contributed by atoms with Crippen LogP contribution < -0.4 is 0 Å². The van der Waals surface area contributed by atoms with E-state index in [1.54, 1.807) is 24.3 Å². The molecule has 5 heteroatoms. The topological polar surface area (TPSA) is 21.8 Å². The second-order valence-electron chi connectivity index (χ2n) is 9.81. The highest BCUT2D eigenvalue weighted by Gasteiger charge is 2.31. The van der Waals surface area contributed by atoms with E-state index < -0.39 is 11.6 Å². The van der Waals surface area contributed by atoms with Gasteiger partial charge in [0.1, 0.15) is 0 Å². The molecule has 0 radical (unpaired) electrons. The van der Waals surface area contributed by atoms with E-state index in [0.717, 1.165) is 44.1 Å². The largest absolute Gasteiger partial charge is 0.373 e. The first-order valence-corrected chi connectivity index (χ1v) is 13.1. The van der Waals surface area contributed by atoms with Crippen LogP contribution in [-0.2, 0) is 16.1 Å². The van der Waals surface area contributed by atoms with E-state index in [4.69, 9.17) is 9.47 Å². The van der Waals surface area contributed by atoms with Crippen molar-refractivity contribution in [2.75, 3.05) is 6.61 Å². The van der Waals surface area contributed by atoms with Gasteiger partial charge in [-0.25, -0.2) is 13.2 Å². The number of hydrogen-bond acceptors (Lipinski definition) is 2. The molecule has 1 aliphatic carbocycles. The van der Waals surface area contributed by atoms with Crippen molar-refractivity contribution in [3.05, 3.63) is 89.8 Å². The summed E-state index contributed by atoms with van der Waals surface area (Å²) in [5.74, 6) is -1.53. The molecule has 1 saturated heterocycles. The summed E-state index contributed by atoms with van der Waals surface area (Å²) in [5, 5.41) is 0. The van der Waals surface area contributed by atoms with E-state index in [1.807, 2.05) is 32.1 Å². The summed E-state index contributed by atoms with van der Waals surface area (Å²) in [4.78, 5) is 0. The zero-order valence-electron chi connectivity index (χ0n) is 21.6. The van der Waals surface area contributed by atoms with Gasteiger partial charge in [0.2, 0.25) is 0 Å². The van der Waals surface area contributed by atoms with Crippen molar-refractivity contribution >= 4 is 5.57 Å². The highest BCUT2D eigenvalue weighted by Crippen LogP contribution is 2.34. The van der Waals surface area contributed by atoms with Crippen LogP contribution in [0.25, 0.3) is 5.57 Å². The Balaban J connectivity index is 1.48. The third kappa shape index (κ3) is 8.07. The Morgan fingerprint density at radius 2 is 1.89 bits per heavy atom. The van der Waals surface area contributed by atoms with E-state index in [0.29, 0.717) is 18.6 Å². The molecule has 1 saturated carbocycles. The third-order valence-corrected chi connectivity index (χ3v) is 7.21. The van der Waals surface area contributed by atoms with Crippen molar-refractivity contribution in [2.45, 2.75) is 77.6 Å². The molecular formula is C31H39F3O2. The van der Waals surface area contributed by atoms with Crippen LogP contribution in [0.5, 0.6) is 0 Å². The maximum atomic E-state index is 14.7. The predicted octanol–water partition coefficient (Wildman–Crippen LogP) is 8.80. The van der Waals surface area contributed by atoms with Gasteiger partial charge in [0.15, 0.2) is 11.6 Å². The molecule has 2 nitrogen and oxygen atoms in total. The van der Waals surface area contributed by atoms with Crippen LogP contribution in [0.3, 0.4) is 0 Å². The van der Waals surface area contributed by atoms with Crippen LogP contribution in [0.15, 0.2) is 67.1 Å². The van der Waals surface area contributed by atoms with Crippen LogP contribution in [-0.4, -0.2) is 18.8 Å². The number of rotatable bonds is 13. The second kappa shape index (κ2) is 13.8. The number of allylic oxidation sites excluding steroid dienone is 7. The average molecular weight is 501 g/mol. The van der Waals surface area contributed by atoms with E-state index in [-0.39, 0.29) is 47.6 Å². The number of ether oxygens (including phenoxy) is 2. The Bertz CT molecular complexity index is 995. The molecule has 0 bridgehead atoms. The van der Waals surface area contributed by atoms with Crippen molar-refractivity contribution in [1.29, 1.82) is 0 Å². The Labute approximate surface area is 214 Å².